The van der Waals surface area contributed by atoms with E-state index in [0.717, 1.165) is 37.1 Å². The number of nitrogens with zero attached hydrogens (tertiary/aromatic N) is 3. The van der Waals surface area contributed by atoms with Crippen LogP contribution in [0.3, 0.4) is 0 Å². The van der Waals surface area contributed by atoms with Crippen LogP contribution >= 0.6 is 0 Å². The molecule has 2 unspecified atom stereocenters. The number of methoxy groups -OCH3 is 1. The first-order valence-electron chi connectivity index (χ1n) is 10.2. The zero-order valence-electron chi connectivity index (χ0n) is 16.7. The van der Waals surface area contributed by atoms with Crippen molar-refractivity contribution in [2.45, 2.75) is 32.3 Å². The van der Waals surface area contributed by atoms with Crippen LogP contribution in [0.1, 0.15) is 37.9 Å². The van der Waals surface area contributed by atoms with Gasteiger partial charge in [0.1, 0.15) is 11.9 Å². The highest BCUT2D eigenvalue weighted by Crippen LogP contribution is 2.21. The molecule has 5 nitrogen and oxygen atoms in total. The number of halogens is 1. The first-order valence-corrected chi connectivity index (χ1v) is 10.2. The Morgan fingerprint density at radius 1 is 1.26 bits per heavy atom. The fraction of sp³-hybridized carbons (Fsp3) is 0.667. The van der Waals surface area contributed by atoms with E-state index >= 15 is 0 Å². The topological polar surface area (TPSA) is 40.1 Å². The Balaban J connectivity index is 1.59. The molecule has 27 heavy (non-hydrogen) atoms. The van der Waals surface area contributed by atoms with Crippen LogP contribution in [0, 0.1) is 11.7 Å². The summed E-state index contributed by atoms with van der Waals surface area (Å²) in [6.45, 7) is 9.33. The minimum absolute atomic E-state index is 0.165. The molecule has 2 aliphatic heterocycles. The van der Waals surface area contributed by atoms with Crippen LogP contribution in [0.15, 0.2) is 29.3 Å². The van der Waals surface area contributed by atoms with E-state index in [1.54, 1.807) is 19.2 Å². The smallest absolute Gasteiger partial charge is 0.194 e. The predicted molar refractivity (Wildman–Crippen MR) is 107 cm³/mol. The third kappa shape index (κ3) is 5.66. The third-order valence-electron chi connectivity index (χ3n) is 5.57. The minimum Gasteiger partial charge on any atom is -0.375 e. The van der Waals surface area contributed by atoms with E-state index in [0.29, 0.717) is 6.54 Å². The van der Waals surface area contributed by atoms with Crippen LogP contribution in [0.4, 0.5) is 4.39 Å². The van der Waals surface area contributed by atoms with Crippen LogP contribution in [0.5, 0.6) is 0 Å². The highest BCUT2D eigenvalue weighted by molar-refractivity contribution is 5.80. The summed E-state index contributed by atoms with van der Waals surface area (Å²) in [6, 6.07) is 6.49. The van der Waals surface area contributed by atoms with E-state index < -0.39 is 0 Å². The lowest BCUT2D eigenvalue weighted by atomic mass is 10.1. The third-order valence-corrected chi connectivity index (χ3v) is 5.57. The van der Waals surface area contributed by atoms with Crippen molar-refractivity contribution in [1.82, 2.24) is 15.1 Å². The molecule has 150 valence electrons. The van der Waals surface area contributed by atoms with Crippen molar-refractivity contribution in [2.75, 3.05) is 52.9 Å². The first-order chi connectivity index (χ1) is 13.2. The molecule has 1 N–H and O–H groups in total. The number of likely N-dealkylation sites (tertiary alicyclic amines) is 2. The molecule has 0 aliphatic carbocycles. The average molecular weight is 377 g/mol. The fourth-order valence-corrected chi connectivity index (χ4v) is 4.09. The Morgan fingerprint density at radius 2 is 2.00 bits per heavy atom. The second-order valence-electron chi connectivity index (χ2n) is 7.58. The SMILES string of the molecule is CCNC(=NCC(OC)c1ccc(F)cc1)N1CCC(CN2CCCC2)C1. The molecule has 1 aromatic carbocycles. The van der Waals surface area contributed by atoms with Gasteiger partial charge in [-0.3, -0.25) is 4.99 Å². The van der Waals surface area contributed by atoms with Gasteiger partial charge in [-0.25, -0.2) is 4.39 Å². The molecule has 2 saturated heterocycles. The van der Waals surface area contributed by atoms with Gasteiger partial charge < -0.3 is 19.9 Å². The molecule has 2 atom stereocenters. The summed E-state index contributed by atoms with van der Waals surface area (Å²) in [6.07, 6.45) is 3.76. The molecule has 0 amide bonds. The molecule has 2 fully saturated rings. The van der Waals surface area contributed by atoms with E-state index in [1.165, 1.54) is 51.0 Å². The molecular formula is C21H33FN4O. The summed E-state index contributed by atoms with van der Waals surface area (Å²) in [4.78, 5) is 9.81. The number of nitrogens with one attached hydrogen (secondary N) is 1. The number of guanidine groups is 1. The molecule has 0 aromatic heterocycles. The van der Waals surface area contributed by atoms with Crippen molar-refractivity contribution >= 4 is 5.96 Å². The summed E-state index contributed by atoms with van der Waals surface area (Å²) >= 11 is 0. The van der Waals surface area contributed by atoms with E-state index in [4.69, 9.17) is 9.73 Å². The Labute approximate surface area is 162 Å². The van der Waals surface area contributed by atoms with Gasteiger partial charge in [0, 0.05) is 33.3 Å². The van der Waals surface area contributed by atoms with Gasteiger partial charge in [-0.1, -0.05) is 12.1 Å². The molecule has 0 saturated carbocycles. The van der Waals surface area contributed by atoms with Gasteiger partial charge in [0.25, 0.3) is 0 Å². The lowest BCUT2D eigenvalue weighted by Gasteiger charge is -2.24. The summed E-state index contributed by atoms with van der Waals surface area (Å²) < 4.78 is 18.8. The molecule has 2 aliphatic rings. The highest BCUT2D eigenvalue weighted by atomic mass is 19.1. The number of hydrogen-bond acceptors (Lipinski definition) is 3. The van der Waals surface area contributed by atoms with Gasteiger partial charge in [-0.05, 0) is 62.9 Å². The Morgan fingerprint density at radius 3 is 2.67 bits per heavy atom. The largest absolute Gasteiger partial charge is 0.375 e. The summed E-state index contributed by atoms with van der Waals surface area (Å²) in [7, 11) is 1.68. The van der Waals surface area contributed by atoms with Crippen molar-refractivity contribution in [3.63, 3.8) is 0 Å². The monoisotopic (exact) mass is 376 g/mol. The second-order valence-corrected chi connectivity index (χ2v) is 7.58. The maximum Gasteiger partial charge on any atom is 0.194 e. The summed E-state index contributed by atoms with van der Waals surface area (Å²) in [5, 5.41) is 3.43. The normalized spacial score (nSPS) is 22.4. The number of benzene rings is 1. The molecule has 0 bridgehead atoms. The van der Waals surface area contributed by atoms with Crippen LogP contribution < -0.4 is 5.32 Å². The Kier molecular flexibility index (Phi) is 7.47. The molecule has 6 heteroatoms. The summed E-state index contributed by atoms with van der Waals surface area (Å²) in [5.74, 6) is 1.46. The molecule has 1 aromatic rings. The standard InChI is InChI=1S/C21H33FN4O/c1-3-23-21(24-14-20(27-2)18-6-8-19(22)9-7-18)26-13-10-17(16-26)15-25-11-4-5-12-25/h6-9,17,20H,3-5,10-16H2,1-2H3,(H,23,24). The van der Waals surface area contributed by atoms with Gasteiger partial charge in [0.15, 0.2) is 5.96 Å². The zero-order chi connectivity index (χ0) is 19.1. The Bertz CT molecular complexity index is 601. The van der Waals surface area contributed by atoms with Crippen LogP contribution in [0.25, 0.3) is 0 Å². The van der Waals surface area contributed by atoms with E-state index in [2.05, 4.69) is 22.0 Å². The molecular weight excluding hydrogens is 343 g/mol. The highest BCUT2D eigenvalue weighted by Gasteiger charge is 2.27. The van der Waals surface area contributed by atoms with Crippen molar-refractivity contribution in [3.8, 4) is 0 Å². The minimum atomic E-state index is -0.230. The van der Waals surface area contributed by atoms with Crippen LogP contribution in [-0.4, -0.2) is 68.7 Å². The van der Waals surface area contributed by atoms with Crippen molar-refractivity contribution in [3.05, 3.63) is 35.6 Å². The van der Waals surface area contributed by atoms with E-state index in [1.807, 2.05) is 0 Å². The number of ether oxygens (including phenoxy) is 1. The number of aliphatic imine (C=N–C) groups is 1. The zero-order valence-corrected chi connectivity index (χ0v) is 16.7. The molecule has 0 spiro atoms. The Hall–Kier alpha value is -1.66. The first kappa shape index (κ1) is 20.1. The van der Waals surface area contributed by atoms with Gasteiger partial charge in [0.2, 0.25) is 0 Å². The maximum atomic E-state index is 13.2. The fourth-order valence-electron chi connectivity index (χ4n) is 4.09. The van der Waals surface area contributed by atoms with Crippen LogP contribution in [-0.2, 0) is 4.74 Å². The molecule has 2 heterocycles. The number of hydrogen-bond donors (Lipinski definition) is 1. The van der Waals surface area contributed by atoms with Crippen LogP contribution in [0.2, 0.25) is 0 Å². The van der Waals surface area contributed by atoms with E-state index in [9.17, 15) is 4.39 Å². The lowest BCUT2D eigenvalue weighted by Crippen LogP contribution is -2.41. The molecule has 3 rings (SSSR count). The quantitative estimate of drug-likeness (QED) is 0.587. The summed E-state index contributed by atoms with van der Waals surface area (Å²) in [5.41, 5.74) is 0.951. The maximum absolute atomic E-state index is 13.2. The van der Waals surface area contributed by atoms with Crippen molar-refractivity contribution < 1.29 is 9.13 Å². The second kappa shape index (κ2) is 10.0. The van der Waals surface area contributed by atoms with Gasteiger partial charge >= 0.3 is 0 Å². The average Bonchev–Trinajstić information content (AvgIpc) is 3.35. The van der Waals surface area contributed by atoms with Crippen molar-refractivity contribution in [2.24, 2.45) is 10.9 Å². The van der Waals surface area contributed by atoms with Crippen molar-refractivity contribution in [1.29, 1.82) is 0 Å². The van der Waals surface area contributed by atoms with Gasteiger partial charge in [-0.15, -0.1) is 0 Å². The van der Waals surface area contributed by atoms with Gasteiger partial charge in [0.05, 0.1) is 6.54 Å². The predicted octanol–water partition coefficient (Wildman–Crippen LogP) is 2.90. The molecule has 0 radical (unpaired) electrons. The number of rotatable bonds is 7. The lowest BCUT2D eigenvalue weighted by molar-refractivity contribution is 0.110. The van der Waals surface area contributed by atoms with E-state index in [-0.39, 0.29) is 11.9 Å². The van der Waals surface area contributed by atoms with Gasteiger partial charge in [-0.2, -0.15) is 0 Å².